The summed E-state index contributed by atoms with van der Waals surface area (Å²) in [6, 6.07) is 15.2. The van der Waals surface area contributed by atoms with Crippen LogP contribution >= 0.6 is 15.9 Å². The normalized spacial score (nSPS) is 23.4. The summed E-state index contributed by atoms with van der Waals surface area (Å²) in [5, 5.41) is 0. The van der Waals surface area contributed by atoms with E-state index in [1.165, 1.54) is 24.1 Å². The van der Waals surface area contributed by atoms with Crippen LogP contribution in [0.1, 0.15) is 31.4 Å². The Morgan fingerprint density at radius 3 is 2.90 bits per heavy atom. The quantitative estimate of drug-likeness (QED) is 0.623. The first-order chi connectivity index (χ1) is 10.2. The van der Waals surface area contributed by atoms with Crippen molar-refractivity contribution in [3.63, 3.8) is 0 Å². The van der Waals surface area contributed by atoms with Crippen LogP contribution in [0.15, 0.2) is 46.9 Å². The second kappa shape index (κ2) is 5.06. The van der Waals surface area contributed by atoms with E-state index < -0.39 is 0 Å². The molecule has 0 bridgehead atoms. The predicted octanol–water partition coefficient (Wildman–Crippen LogP) is 5.53. The predicted molar refractivity (Wildman–Crippen MR) is 89.1 cm³/mol. The Labute approximate surface area is 133 Å². The van der Waals surface area contributed by atoms with Crippen molar-refractivity contribution in [2.24, 2.45) is 5.92 Å². The zero-order valence-corrected chi connectivity index (χ0v) is 13.6. The van der Waals surface area contributed by atoms with Gasteiger partial charge in [0.15, 0.2) is 5.75 Å². The van der Waals surface area contributed by atoms with E-state index in [4.69, 9.17) is 4.74 Å². The maximum Gasteiger partial charge on any atom is 0.150 e. The lowest BCUT2D eigenvalue weighted by atomic mass is 9.85. The molecule has 4 rings (SSSR count). The molecule has 2 aliphatic rings. The topological polar surface area (TPSA) is 12.5 Å². The van der Waals surface area contributed by atoms with Gasteiger partial charge in [-0.05, 0) is 43.0 Å². The molecule has 0 aromatic heterocycles. The van der Waals surface area contributed by atoms with E-state index in [0.717, 1.165) is 22.5 Å². The summed E-state index contributed by atoms with van der Waals surface area (Å²) < 4.78 is 7.34. The number of benzene rings is 2. The van der Waals surface area contributed by atoms with Crippen molar-refractivity contribution in [1.29, 1.82) is 0 Å². The van der Waals surface area contributed by atoms with Gasteiger partial charge >= 0.3 is 0 Å². The third kappa shape index (κ3) is 2.15. The van der Waals surface area contributed by atoms with E-state index >= 15 is 0 Å². The van der Waals surface area contributed by atoms with Gasteiger partial charge in [-0.2, -0.15) is 0 Å². The molecule has 21 heavy (non-hydrogen) atoms. The van der Waals surface area contributed by atoms with Gasteiger partial charge in [0.2, 0.25) is 0 Å². The molecule has 108 valence electrons. The van der Waals surface area contributed by atoms with Crippen LogP contribution < -0.4 is 9.64 Å². The highest BCUT2D eigenvalue weighted by atomic mass is 79.9. The molecule has 0 unspecified atom stereocenters. The number of piperidine rings is 1. The maximum absolute atomic E-state index is 6.24. The van der Waals surface area contributed by atoms with Crippen LogP contribution in [0.3, 0.4) is 0 Å². The van der Waals surface area contributed by atoms with Gasteiger partial charge in [0, 0.05) is 16.6 Å². The van der Waals surface area contributed by atoms with Crippen LogP contribution in [0.2, 0.25) is 0 Å². The smallest absolute Gasteiger partial charge is 0.150 e. The molecule has 0 N–H and O–H groups in total. The van der Waals surface area contributed by atoms with Gasteiger partial charge in [0.05, 0.1) is 11.7 Å². The Balaban J connectivity index is 1.94. The Kier molecular flexibility index (Phi) is 3.18. The molecule has 3 heteroatoms. The number of rotatable bonds is 0. The summed E-state index contributed by atoms with van der Waals surface area (Å²) in [6.45, 7) is 3.45. The van der Waals surface area contributed by atoms with E-state index in [2.05, 4.69) is 70.2 Å². The SMILES string of the molecule is C[C@H]1CCCN2c3cc(Br)ccc3Oc3ccccc3[C@H]12. The highest BCUT2D eigenvalue weighted by Gasteiger charge is 2.35. The van der Waals surface area contributed by atoms with Crippen molar-refractivity contribution in [2.45, 2.75) is 25.8 Å². The minimum Gasteiger partial charge on any atom is -0.455 e. The van der Waals surface area contributed by atoms with Gasteiger partial charge < -0.3 is 9.64 Å². The molecule has 2 atom stereocenters. The van der Waals surface area contributed by atoms with Crippen molar-refractivity contribution in [1.82, 2.24) is 0 Å². The number of ether oxygens (including phenoxy) is 1. The third-order valence-corrected chi connectivity index (χ3v) is 5.11. The lowest BCUT2D eigenvalue weighted by molar-refractivity contribution is 0.351. The highest BCUT2D eigenvalue weighted by Crippen LogP contribution is 2.49. The Bertz CT molecular complexity index is 685. The van der Waals surface area contributed by atoms with Crippen LogP contribution in [0.4, 0.5) is 5.69 Å². The number of halogens is 1. The van der Waals surface area contributed by atoms with Crippen molar-refractivity contribution >= 4 is 21.6 Å². The van der Waals surface area contributed by atoms with Gasteiger partial charge in [-0.3, -0.25) is 0 Å². The van der Waals surface area contributed by atoms with Gasteiger partial charge in [-0.25, -0.2) is 0 Å². The molecule has 2 aromatic carbocycles. The van der Waals surface area contributed by atoms with E-state index in [1.54, 1.807) is 0 Å². The fraction of sp³-hybridized carbons (Fsp3) is 0.333. The molecule has 2 heterocycles. The fourth-order valence-corrected chi connectivity index (χ4v) is 4.02. The van der Waals surface area contributed by atoms with Crippen LogP contribution in [-0.2, 0) is 0 Å². The summed E-state index contributed by atoms with van der Waals surface area (Å²) in [6.07, 6.45) is 2.52. The van der Waals surface area contributed by atoms with Crippen LogP contribution in [0.5, 0.6) is 11.5 Å². The average Bonchev–Trinajstić information content (AvgIpc) is 2.63. The van der Waals surface area contributed by atoms with Crippen molar-refractivity contribution in [3.05, 3.63) is 52.5 Å². The van der Waals surface area contributed by atoms with E-state index in [-0.39, 0.29) is 0 Å². The lowest BCUT2D eigenvalue weighted by Gasteiger charge is -2.41. The third-order valence-electron chi connectivity index (χ3n) is 4.62. The first kappa shape index (κ1) is 13.2. The second-order valence-corrected chi connectivity index (χ2v) is 6.93. The largest absolute Gasteiger partial charge is 0.455 e. The summed E-state index contributed by atoms with van der Waals surface area (Å²) in [7, 11) is 0. The van der Waals surface area contributed by atoms with Crippen molar-refractivity contribution in [2.75, 3.05) is 11.4 Å². The molecule has 2 nitrogen and oxygen atoms in total. The zero-order valence-electron chi connectivity index (χ0n) is 12.1. The number of hydrogen-bond donors (Lipinski definition) is 0. The summed E-state index contributed by atoms with van der Waals surface area (Å²) in [4.78, 5) is 2.53. The van der Waals surface area contributed by atoms with Crippen molar-refractivity contribution < 1.29 is 4.74 Å². The minimum absolute atomic E-state index is 0.408. The fourth-order valence-electron chi connectivity index (χ4n) is 3.67. The maximum atomic E-state index is 6.24. The van der Waals surface area contributed by atoms with Crippen LogP contribution in [0, 0.1) is 5.92 Å². The van der Waals surface area contributed by atoms with E-state index in [0.29, 0.717) is 12.0 Å². The first-order valence-corrected chi connectivity index (χ1v) is 8.36. The molecular weight excluding hydrogens is 326 g/mol. The molecule has 2 aliphatic heterocycles. The minimum atomic E-state index is 0.408. The Hall–Kier alpha value is -1.48. The van der Waals surface area contributed by atoms with Crippen molar-refractivity contribution in [3.8, 4) is 11.5 Å². The monoisotopic (exact) mass is 343 g/mol. The summed E-state index contributed by atoms with van der Waals surface area (Å²) in [5.74, 6) is 2.60. The number of anilines is 1. The molecule has 0 amide bonds. The molecule has 0 radical (unpaired) electrons. The zero-order chi connectivity index (χ0) is 14.4. The summed E-state index contributed by atoms with van der Waals surface area (Å²) in [5.41, 5.74) is 2.52. The summed E-state index contributed by atoms with van der Waals surface area (Å²) >= 11 is 3.60. The number of nitrogens with zero attached hydrogens (tertiary/aromatic N) is 1. The number of hydrogen-bond acceptors (Lipinski definition) is 2. The second-order valence-electron chi connectivity index (χ2n) is 6.01. The standard InChI is InChI=1S/C18H18BrNO/c1-12-5-4-10-20-15-11-13(19)8-9-17(15)21-16-7-3-2-6-14(16)18(12)20/h2-3,6-9,11-12,18H,4-5,10H2,1H3/t12-,18-/m0/s1. The Morgan fingerprint density at radius 1 is 1.14 bits per heavy atom. The van der Waals surface area contributed by atoms with Crippen LogP contribution in [0.25, 0.3) is 0 Å². The van der Waals surface area contributed by atoms with E-state index in [9.17, 15) is 0 Å². The van der Waals surface area contributed by atoms with Crippen LogP contribution in [-0.4, -0.2) is 6.54 Å². The van der Waals surface area contributed by atoms with Gasteiger partial charge in [-0.1, -0.05) is 41.1 Å². The van der Waals surface area contributed by atoms with E-state index in [1.807, 2.05) is 0 Å². The number of para-hydroxylation sites is 1. The Morgan fingerprint density at radius 2 is 2.00 bits per heavy atom. The first-order valence-electron chi connectivity index (χ1n) is 7.57. The number of fused-ring (bicyclic) bond motifs is 5. The highest BCUT2D eigenvalue weighted by molar-refractivity contribution is 9.10. The molecular formula is C18H18BrNO. The lowest BCUT2D eigenvalue weighted by Crippen LogP contribution is -2.37. The molecule has 2 aromatic rings. The van der Waals surface area contributed by atoms with Gasteiger partial charge in [0.1, 0.15) is 5.75 Å². The van der Waals surface area contributed by atoms with Gasteiger partial charge in [0.25, 0.3) is 0 Å². The molecule has 1 saturated heterocycles. The molecule has 1 fully saturated rings. The average molecular weight is 344 g/mol. The van der Waals surface area contributed by atoms with Gasteiger partial charge in [-0.15, -0.1) is 0 Å². The molecule has 0 saturated carbocycles. The molecule has 0 spiro atoms. The molecule has 0 aliphatic carbocycles.